The molecular weight excluding hydrogens is 268 g/mol. The lowest BCUT2D eigenvalue weighted by molar-refractivity contribution is -0.152. The lowest BCUT2D eigenvalue weighted by Crippen LogP contribution is -2.55. The highest BCUT2D eigenvalue weighted by molar-refractivity contribution is 5.87. The molecule has 2 N–H and O–H groups in total. The molecule has 0 bridgehead atoms. The minimum atomic E-state index is -0.923. The maximum absolute atomic E-state index is 12.7. The Morgan fingerprint density at radius 2 is 1.95 bits per heavy atom. The summed E-state index contributed by atoms with van der Waals surface area (Å²) < 4.78 is 0. The summed E-state index contributed by atoms with van der Waals surface area (Å²) in [7, 11) is 0. The van der Waals surface area contributed by atoms with Crippen molar-refractivity contribution in [3.8, 4) is 0 Å². The highest BCUT2D eigenvalue weighted by Gasteiger charge is 2.37. The number of carboxylic acids is 1. The van der Waals surface area contributed by atoms with E-state index in [4.69, 9.17) is 0 Å². The molecule has 0 aliphatic carbocycles. The minimum Gasteiger partial charge on any atom is -0.480 e. The minimum absolute atomic E-state index is 0.0726. The molecule has 1 saturated heterocycles. The lowest BCUT2D eigenvalue weighted by Gasteiger charge is -2.37. The highest BCUT2D eigenvalue weighted by atomic mass is 16.4. The number of fused-ring (bicyclic) bond motifs is 1. The second-order valence-corrected chi connectivity index (χ2v) is 5.80. The van der Waals surface area contributed by atoms with E-state index in [1.54, 1.807) is 0 Å². The lowest BCUT2D eigenvalue weighted by atomic mass is 9.92. The van der Waals surface area contributed by atoms with Gasteiger partial charge in [-0.25, -0.2) is 4.79 Å². The van der Waals surface area contributed by atoms with Crippen LogP contribution in [0.5, 0.6) is 0 Å². The standard InChI is InChI=1S/C16H20N2O3/c19-15(13-7-3-4-8-17-13)18-10-12-6-2-1-5-11(12)9-14(18)16(20)21/h1-2,5-6,13-14,17H,3-4,7-10H2,(H,20,21)/t13-,14+/m1/s1. The zero-order valence-corrected chi connectivity index (χ0v) is 11.9. The fourth-order valence-electron chi connectivity index (χ4n) is 3.24. The smallest absolute Gasteiger partial charge is 0.326 e. The molecule has 1 amide bonds. The topological polar surface area (TPSA) is 69.6 Å². The largest absolute Gasteiger partial charge is 0.480 e. The van der Waals surface area contributed by atoms with E-state index in [0.717, 1.165) is 36.9 Å². The Morgan fingerprint density at radius 3 is 2.62 bits per heavy atom. The molecule has 21 heavy (non-hydrogen) atoms. The molecule has 2 heterocycles. The van der Waals surface area contributed by atoms with Crippen molar-refractivity contribution in [3.63, 3.8) is 0 Å². The van der Waals surface area contributed by atoms with Gasteiger partial charge < -0.3 is 15.3 Å². The van der Waals surface area contributed by atoms with Crippen LogP contribution in [0.1, 0.15) is 30.4 Å². The molecule has 0 radical (unpaired) electrons. The van der Waals surface area contributed by atoms with Crippen molar-refractivity contribution in [1.29, 1.82) is 0 Å². The van der Waals surface area contributed by atoms with Crippen molar-refractivity contribution < 1.29 is 14.7 Å². The molecule has 1 fully saturated rings. The fraction of sp³-hybridized carbons (Fsp3) is 0.500. The maximum atomic E-state index is 12.7. The third kappa shape index (κ3) is 2.78. The van der Waals surface area contributed by atoms with Crippen LogP contribution < -0.4 is 5.32 Å². The van der Waals surface area contributed by atoms with Gasteiger partial charge in [0.1, 0.15) is 6.04 Å². The van der Waals surface area contributed by atoms with Crippen LogP contribution in [0.2, 0.25) is 0 Å². The number of carbonyl (C=O) groups excluding carboxylic acids is 1. The average molecular weight is 288 g/mol. The summed E-state index contributed by atoms with van der Waals surface area (Å²) >= 11 is 0. The predicted molar refractivity (Wildman–Crippen MR) is 77.8 cm³/mol. The Kier molecular flexibility index (Phi) is 3.92. The molecule has 2 atom stereocenters. The van der Waals surface area contributed by atoms with Crippen molar-refractivity contribution in [1.82, 2.24) is 10.2 Å². The molecule has 2 aliphatic heterocycles. The molecule has 1 aromatic carbocycles. The first-order valence-corrected chi connectivity index (χ1v) is 7.50. The Morgan fingerprint density at radius 1 is 1.19 bits per heavy atom. The van der Waals surface area contributed by atoms with E-state index in [1.165, 1.54) is 4.90 Å². The van der Waals surface area contributed by atoms with Crippen LogP contribution in [0.4, 0.5) is 0 Å². The van der Waals surface area contributed by atoms with Gasteiger partial charge in [0.15, 0.2) is 0 Å². The molecule has 0 saturated carbocycles. The van der Waals surface area contributed by atoms with E-state index in [-0.39, 0.29) is 11.9 Å². The number of hydrogen-bond donors (Lipinski definition) is 2. The first kappa shape index (κ1) is 14.1. The van der Waals surface area contributed by atoms with Crippen LogP contribution in [-0.2, 0) is 22.6 Å². The van der Waals surface area contributed by atoms with E-state index in [0.29, 0.717) is 13.0 Å². The van der Waals surface area contributed by atoms with Crippen LogP contribution in [0.3, 0.4) is 0 Å². The fourth-order valence-corrected chi connectivity index (χ4v) is 3.24. The van der Waals surface area contributed by atoms with Crippen LogP contribution in [0.15, 0.2) is 24.3 Å². The van der Waals surface area contributed by atoms with E-state index < -0.39 is 12.0 Å². The van der Waals surface area contributed by atoms with E-state index >= 15 is 0 Å². The summed E-state index contributed by atoms with van der Waals surface area (Å²) in [4.78, 5) is 25.8. The van der Waals surface area contributed by atoms with Crippen molar-refractivity contribution in [3.05, 3.63) is 35.4 Å². The van der Waals surface area contributed by atoms with E-state index in [1.807, 2.05) is 24.3 Å². The van der Waals surface area contributed by atoms with E-state index in [2.05, 4.69) is 5.32 Å². The summed E-state index contributed by atoms with van der Waals surface area (Å²) in [5, 5.41) is 12.7. The SMILES string of the molecule is O=C(O)[C@@H]1Cc2ccccc2CN1C(=O)[C@H]1CCCCN1. The van der Waals surface area contributed by atoms with Gasteiger partial charge in [0, 0.05) is 13.0 Å². The number of benzene rings is 1. The van der Waals surface area contributed by atoms with Crippen LogP contribution in [0, 0.1) is 0 Å². The molecule has 0 aromatic heterocycles. The number of piperidine rings is 1. The van der Waals surface area contributed by atoms with Gasteiger partial charge in [0.05, 0.1) is 6.04 Å². The highest BCUT2D eigenvalue weighted by Crippen LogP contribution is 2.25. The molecule has 0 spiro atoms. The quantitative estimate of drug-likeness (QED) is 0.857. The zero-order valence-electron chi connectivity index (χ0n) is 11.9. The van der Waals surface area contributed by atoms with Gasteiger partial charge in [0.25, 0.3) is 0 Å². The van der Waals surface area contributed by atoms with Crippen molar-refractivity contribution in [2.45, 2.75) is 44.3 Å². The first-order chi connectivity index (χ1) is 10.2. The van der Waals surface area contributed by atoms with Gasteiger partial charge in [-0.1, -0.05) is 30.7 Å². The van der Waals surface area contributed by atoms with Gasteiger partial charge in [-0.15, -0.1) is 0 Å². The Balaban J connectivity index is 1.85. The van der Waals surface area contributed by atoms with Crippen molar-refractivity contribution in [2.75, 3.05) is 6.54 Å². The second kappa shape index (κ2) is 5.85. The maximum Gasteiger partial charge on any atom is 0.326 e. The Bertz CT molecular complexity index is 552. The van der Waals surface area contributed by atoms with E-state index in [9.17, 15) is 14.7 Å². The molecule has 3 rings (SSSR count). The van der Waals surface area contributed by atoms with Gasteiger partial charge in [-0.3, -0.25) is 4.79 Å². The number of nitrogens with zero attached hydrogens (tertiary/aromatic N) is 1. The van der Waals surface area contributed by atoms with Gasteiger partial charge in [-0.05, 0) is 30.5 Å². The third-order valence-corrected chi connectivity index (χ3v) is 4.43. The molecule has 2 aliphatic rings. The number of amides is 1. The summed E-state index contributed by atoms with van der Waals surface area (Å²) in [6.45, 7) is 1.22. The third-order valence-electron chi connectivity index (χ3n) is 4.43. The molecule has 5 heteroatoms. The summed E-state index contributed by atoms with van der Waals surface area (Å²) in [5.41, 5.74) is 2.09. The molecule has 112 valence electrons. The molecule has 0 unspecified atom stereocenters. The van der Waals surface area contributed by atoms with Crippen LogP contribution in [-0.4, -0.2) is 40.5 Å². The number of nitrogens with one attached hydrogen (secondary N) is 1. The Hall–Kier alpha value is -1.88. The zero-order chi connectivity index (χ0) is 14.8. The number of aliphatic carboxylic acids is 1. The predicted octanol–water partition coefficient (Wildman–Crippen LogP) is 1.17. The molecular formula is C16H20N2O3. The average Bonchev–Trinajstić information content (AvgIpc) is 2.53. The van der Waals surface area contributed by atoms with Crippen molar-refractivity contribution >= 4 is 11.9 Å². The number of carboxylic acid groups (broad SMARTS) is 1. The normalized spacial score (nSPS) is 25.2. The number of rotatable bonds is 2. The number of carbonyl (C=O) groups is 2. The van der Waals surface area contributed by atoms with Crippen molar-refractivity contribution in [2.24, 2.45) is 0 Å². The van der Waals surface area contributed by atoms with Crippen LogP contribution in [0.25, 0.3) is 0 Å². The Labute approximate surface area is 123 Å². The second-order valence-electron chi connectivity index (χ2n) is 5.80. The summed E-state index contributed by atoms with van der Waals surface area (Å²) in [6.07, 6.45) is 3.29. The molecule has 5 nitrogen and oxygen atoms in total. The number of hydrogen-bond acceptors (Lipinski definition) is 3. The van der Waals surface area contributed by atoms with Crippen LogP contribution >= 0.6 is 0 Å². The summed E-state index contributed by atoms with van der Waals surface area (Å²) in [5.74, 6) is -0.995. The first-order valence-electron chi connectivity index (χ1n) is 7.50. The van der Waals surface area contributed by atoms with Gasteiger partial charge >= 0.3 is 5.97 Å². The van der Waals surface area contributed by atoms with Gasteiger partial charge in [0.2, 0.25) is 5.91 Å². The monoisotopic (exact) mass is 288 g/mol. The molecule has 1 aromatic rings. The van der Waals surface area contributed by atoms with Gasteiger partial charge in [-0.2, -0.15) is 0 Å². The summed E-state index contributed by atoms with van der Waals surface area (Å²) in [6, 6.07) is 6.79.